The summed E-state index contributed by atoms with van der Waals surface area (Å²) >= 11 is 1.55. The van der Waals surface area contributed by atoms with Crippen LogP contribution >= 0.6 is 23.7 Å². The average molecular weight is 491 g/mol. The number of halogens is 1. The fourth-order valence-corrected chi connectivity index (χ4v) is 4.84. The molecule has 0 aliphatic heterocycles. The van der Waals surface area contributed by atoms with Crippen LogP contribution in [0, 0.1) is 6.92 Å². The number of benzene rings is 2. The van der Waals surface area contributed by atoms with Crippen LogP contribution < -0.4 is 14.5 Å². The van der Waals surface area contributed by atoms with E-state index < -0.39 is 0 Å². The molecule has 0 saturated heterocycles. The highest BCUT2D eigenvalue weighted by atomic mass is 35.5. The van der Waals surface area contributed by atoms with Crippen molar-refractivity contribution in [2.75, 3.05) is 57.2 Å². The van der Waals surface area contributed by atoms with Gasteiger partial charge in [0.15, 0.2) is 5.13 Å². The smallest absolute Gasteiger partial charge is 0.260 e. The lowest BCUT2D eigenvalue weighted by molar-refractivity contribution is 0.0986. The Morgan fingerprint density at radius 1 is 1.03 bits per heavy atom. The van der Waals surface area contributed by atoms with Gasteiger partial charge in [-0.05, 0) is 83.7 Å². The average Bonchev–Trinajstić information content (AvgIpc) is 3.24. The van der Waals surface area contributed by atoms with Gasteiger partial charge >= 0.3 is 0 Å². The number of nitrogens with zero attached hydrogens (tertiary/aromatic N) is 4. The quantitative estimate of drug-likeness (QED) is 0.376. The second-order valence-electron chi connectivity index (χ2n) is 8.09. The molecule has 3 rings (SSSR count). The first kappa shape index (κ1) is 26.9. The molecule has 1 heterocycles. The maximum absolute atomic E-state index is 13.6. The molecule has 0 saturated carbocycles. The molecule has 0 aliphatic rings. The summed E-state index contributed by atoms with van der Waals surface area (Å²) in [5, 5.41) is 0.712. The largest absolute Gasteiger partial charge is 0.494 e. The molecule has 6 nitrogen and oxygen atoms in total. The molecular formula is C25H35ClN4O2S. The minimum atomic E-state index is -0.0227. The summed E-state index contributed by atoms with van der Waals surface area (Å²) < 4.78 is 6.58. The summed E-state index contributed by atoms with van der Waals surface area (Å²) in [4.78, 5) is 24.7. The van der Waals surface area contributed by atoms with Crippen molar-refractivity contribution < 1.29 is 9.53 Å². The molecule has 2 aromatic carbocycles. The molecule has 3 aromatic rings. The van der Waals surface area contributed by atoms with E-state index in [1.54, 1.807) is 18.4 Å². The Bertz CT molecular complexity index is 1050. The molecule has 1 aromatic heterocycles. The maximum Gasteiger partial charge on any atom is 0.260 e. The van der Waals surface area contributed by atoms with Crippen LogP contribution in [0.1, 0.15) is 36.2 Å². The highest BCUT2D eigenvalue weighted by Gasteiger charge is 2.23. The first-order chi connectivity index (χ1) is 15.4. The van der Waals surface area contributed by atoms with Crippen molar-refractivity contribution in [1.29, 1.82) is 0 Å². The molecular weight excluding hydrogens is 456 g/mol. The number of rotatable bonds is 10. The lowest BCUT2D eigenvalue weighted by atomic mass is 10.1. The Balaban J connectivity index is 0.00000385. The van der Waals surface area contributed by atoms with E-state index in [-0.39, 0.29) is 18.3 Å². The fourth-order valence-electron chi connectivity index (χ4n) is 3.77. The highest BCUT2D eigenvalue weighted by molar-refractivity contribution is 7.22. The molecule has 0 unspecified atom stereocenters. The number of hydrogen-bond acceptors (Lipinski definition) is 6. The maximum atomic E-state index is 13.6. The van der Waals surface area contributed by atoms with Crippen LogP contribution in [-0.4, -0.2) is 63.2 Å². The van der Waals surface area contributed by atoms with Gasteiger partial charge in [0.25, 0.3) is 5.91 Å². The minimum absolute atomic E-state index is 0. The lowest BCUT2D eigenvalue weighted by Gasteiger charge is -2.23. The predicted octanol–water partition coefficient (Wildman–Crippen LogP) is 5.48. The fraction of sp³-hybridized carbons (Fsp3) is 0.440. The molecule has 0 fully saturated rings. The number of methoxy groups -OCH3 is 1. The number of aryl methyl sites for hydroxylation is 1. The van der Waals surface area contributed by atoms with Crippen LogP contribution in [-0.2, 0) is 0 Å². The van der Waals surface area contributed by atoms with Crippen molar-refractivity contribution in [3.63, 3.8) is 0 Å². The van der Waals surface area contributed by atoms with Crippen LogP contribution in [0.15, 0.2) is 36.4 Å². The normalized spacial score (nSPS) is 10.9. The first-order valence-electron chi connectivity index (χ1n) is 11.1. The number of hydrogen-bond donors (Lipinski definition) is 0. The third-order valence-electron chi connectivity index (χ3n) is 5.62. The van der Waals surface area contributed by atoms with E-state index in [2.05, 4.69) is 30.6 Å². The van der Waals surface area contributed by atoms with Crippen molar-refractivity contribution in [2.45, 2.75) is 27.2 Å². The van der Waals surface area contributed by atoms with Gasteiger partial charge in [0, 0.05) is 30.9 Å². The first-order valence-corrected chi connectivity index (χ1v) is 12.0. The van der Waals surface area contributed by atoms with Gasteiger partial charge in [0.1, 0.15) is 11.3 Å². The van der Waals surface area contributed by atoms with Crippen LogP contribution in [0.4, 0.5) is 10.8 Å². The van der Waals surface area contributed by atoms with Gasteiger partial charge in [-0.25, -0.2) is 4.98 Å². The van der Waals surface area contributed by atoms with Gasteiger partial charge < -0.3 is 14.5 Å². The number of thiazole rings is 1. The van der Waals surface area contributed by atoms with E-state index in [0.29, 0.717) is 17.2 Å². The monoisotopic (exact) mass is 490 g/mol. The number of amides is 1. The summed E-state index contributed by atoms with van der Waals surface area (Å²) in [5.74, 6) is 0.711. The van der Waals surface area contributed by atoms with Gasteiger partial charge in [0.2, 0.25) is 0 Å². The van der Waals surface area contributed by atoms with Crippen molar-refractivity contribution in [3.05, 3.63) is 47.5 Å². The zero-order chi connectivity index (χ0) is 23.3. The Labute approximate surface area is 207 Å². The zero-order valence-electron chi connectivity index (χ0n) is 20.4. The van der Waals surface area contributed by atoms with Crippen LogP contribution in [0.25, 0.3) is 10.2 Å². The molecule has 0 bridgehead atoms. The van der Waals surface area contributed by atoms with Gasteiger partial charge in [-0.1, -0.05) is 17.4 Å². The number of ether oxygens (including phenoxy) is 1. The minimum Gasteiger partial charge on any atom is -0.494 e. The SMILES string of the molecule is CCN(CC)c1ccc(C(=O)N(CCCN(C)C)c2nc3c(OC)ccc(C)c3s2)cc1.Cl. The van der Waals surface area contributed by atoms with E-state index in [1.807, 2.05) is 55.4 Å². The second-order valence-corrected chi connectivity index (χ2v) is 9.07. The molecule has 180 valence electrons. The zero-order valence-corrected chi connectivity index (χ0v) is 22.1. The number of fused-ring (bicyclic) bond motifs is 1. The summed E-state index contributed by atoms with van der Waals surface area (Å²) in [6.45, 7) is 9.72. The molecule has 0 N–H and O–H groups in total. The van der Waals surface area contributed by atoms with Gasteiger partial charge in [-0.15, -0.1) is 12.4 Å². The Morgan fingerprint density at radius 3 is 2.27 bits per heavy atom. The Hall–Kier alpha value is -2.35. The summed E-state index contributed by atoms with van der Waals surface area (Å²) in [6, 6.07) is 11.9. The summed E-state index contributed by atoms with van der Waals surface area (Å²) in [7, 11) is 5.74. The Morgan fingerprint density at radius 2 is 1.70 bits per heavy atom. The second kappa shape index (κ2) is 12.2. The van der Waals surface area contributed by atoms with E-state index in [0.717, 1.165) is 53.3 Å². The van der Waals surface area contributed by atoms with E-state index >= 15 is 0 Å². The Kier molecular flexibility index (Phi) is 9.95. The van der Waals surface area contributed by atoms with Crippen molar-refractivity contribution >= 4 is 50.7 Å². The van der Waals surface area contributed by atoms with Gasteiger partial charge in [-0.2, -0.15) is 0 Å². The molecule has 8 heteroatoms. The van der Waals surface area contributed by atoms with Gasteiger partial charge in [-0.3, -0.25) is 9.69 Å². The summed E-state index contributed by atoms with van der Waals surface area (Å²) in [6.07, 6.45) is 0.863. The van der Waals surface area contributed by atoms with Crippen molar-refractivity contribution in [1.82, 2.24) is 9.88 Å². The van der Waals surface area contributed by atoms with E-state index in [9.17, 15) is 4.79 Å². The highest BCUT2D eigenvalue weighted by Crippen LogP contribution is 2.37. The summed E-state index contributed by atoms with van der Waals surface area (Å²) in [5.41, 5.74) is 3.75. The molecule has 1 amide bonds. The molecule has 0 aliphatic carbocycles. The van der Waals surface area contributed by atoms with Crippen LogP contribution in [0.2, 0.25) is 0 Å². The molecule has 0 atom stereocenters. The van der Waals surface area contributed by atoms with Crippen LogP contribution in [0.5, 0.6) is 5.75 Å². The third kappa shape index (κ3) is 6.16. The van der Waals surface area contributed by atoms with E-state index in [1.165, 1.54) is 0 Å². The number of anilines is 2. The van der Waals surface area contributed by atoms with Crippen molar-refractivity contribution in [2.24, 2.45) is 0 Å². The third-order valence-corrected chi connectivity index (χ3v) is 6.83. The molecule has 0 radical (unpaired) electrons. The molecule has 33 heavy (non-hydrogen) atoms. The number of carbonyl (C=O) groups excluding carboxylic acids is 1. The lowest BCUT2D eigenvalue weighted by Crippen LogP contribution is -2.33. The number of carbonyl (C=O) groups is 1. The number of aromatic nitrogens is 1. The molecule has 0 spiro atoms. The topological polar surface area (TPSA) is 48.9 Å². The van der Waals surface area contributed by atoms with E-state index in [4.69, 9.17) is 9.72 Å². The van der Waals surface area contributed by atoms with Crippen LogP contribution in [0.3, 0.4) is 0 Å². The van der Waals surface area contributed by atoms with Gasteiger partial charge in [0.05, 0.1) is 11.8 Å². The standard InChI is InChI=1S/C25H34N4O2S.ClH/c1-7-28(8-2)20-13-11-19(12-14-20)24(30)29(17-9-16-27(4)5)25-26-22-21(31-6)15-10-18(3)23(22)32-25;/h10-15H,7-9,16-17H2,1-6H3;1H. The van der Waals surface area contributed by atoms with Crippen molar-refractivity contribution in [3.8, 4) is 5.75 Å². The predicted molar refractivity (Wildman–Crippen MR) is 143 cm³/mol.